The average molecular weight is 510 g/mol. The van der Waals surface area contributed by atoms with Gasteiger partial charge in [0, 0.05) is 23.9 Å². The maximum absolute atomic E-state index is 14.5. The third kappa shape index (κ3) is 3.62. The maximum Gasteiger partial charge on any atom is 0.311 e. The van der Waals surface area contributed by atoms with Crippen LogP contribution in [0.2, 0.25) is 0 Å². The first kappa shape index (κ1) is 18.6. The predicted octanol–water partition coefficient (Wildman–Crippen LogP) is 3.34. The zero-order valence-corrected chi connectivity index (χ0v) is 17.4. The highest BCUT2D eigenvalue weighted by molar-refractivity contribution is 14.2. The highest BCUT2D eigenvalue weighted by Gasteiger charge is 2.26. The normalized spacial score (nSPS) is 16.2. The number of benzene rings is 1. The van der Waals surface area contributed by atoms with Crippen LogP contribution in [0.15, 0.2) is 30.5 Å². The van der Waals surface area contributed by atoms with Crippen molar-refractivity contribution in [2.24, 2.45) is 0 Å². The van der Waals surface area contributed by atoms with Gasteiger partial charge in [-0.2, -0.15) is 4.98 Å². The van der Waals surface area contributed by atoms with Crippen molar-refractivity contribution in [1.29, 1.82) is 0 Å². The fraction of sp³-hybridized carbons (Fsp3) is 0.263. The third-order valence-corrected chi connectivity index (χ3v) is 6.32. The molecule has 0 atom stereocenters. The number of rotatable bonds is 4. The van der Waals surface area contributed by atoms with Gasteiger partial charge in [0.15, 0.2) is 0 Å². The van der Waals surface area contributed by atoms with Gasteiger partial charge in [-0.3, -0.25) is 4.57 Å². The van der Waals surface area contributed by atoms with E-state index in [4.69, 9.17) is 3.07 Å². The smallest absolute Gasteiger partial charge is 0.311 e. The molecular weight excluding hydrogens is 493 g/mol. The summed E-state index contributed by atoms with van der Waals surface area (Å²) in [4.78, 5) is 13.5. The Kier molecular flexibility index (Phi) is 4.96. The lowest BCUT2D eigenvalue weighted by Crippen LogP contribution is -2.35. The molecule has 0 spiro atoms. The molecule has 1 saturated heterocycles. The monoisotopic (exact) mass is 510 g/mol. The standard InChI is InChI=1S/C19H17F2IN6O/c20-11-1-2-13(14(21)9-11)16-17(28-10-22-29-19(28)27-16)15-5-8-24-18(26-15)25-12-3-6-23-7-4-12/h1-2,5,8-10,12,23H,3-4,6-7H2,(H,24,25,26). The van der Waals surface area contributed by atoms with E-state index in [1.807, 2.05) is 4.14 Å². The van der Waals surface area contributed by atoms with Crippen LogP contribution in [0.3, 0.4) is 0 Å². The summed E-state index contributed by atoms with van der Waals surface area (Å²) >= 11 is -0.621. The molecule has 0 saturated carbocycles. The van der Waals surface area contributed by atoms with Gasteiger partial charge in [-0.15, -0.1) is 0 Å². The lowest BCUT2D eigenvalue weighted by Gasteiger charge is -2.23. The minimum Gasteiger partial charge on any atom is -0.401 e. The highest BCUT2D eigenvalue weighted by Crippen LogP contribution is 2.38. The lowest BCUT2D eigenvalue weighted by atomic mass is 10.1. The Bertz CT molecular complexity index is 1100. The van der Waals surface area contributed by atoms with Crippen molar-refractivity contribution in [3.05, 3.63) is 42.1 Å². The summed E-state index contributed by atoms with van der Waals surface area (Å²) in [6, 6.07) is 5.92. The largest absolute Gasteiger partial charge is 0.401 e. The van der Waals surface area contributed by atoms with Crippen LogP contribution in [0, 0.1) is 11.6 Å². The number of anilines is 1. The number of imidazole rings is 1. The molecule has 2 aromatic heterocycles. The minimum absolute atomic E-state index is 0.199. The molecular formula is C19H17F2IN6O. The van der Waals surface area contributed by atoms with E-state index in [1.54, 1.807) is 16.8 Å². The Morgan fingerprint density at radius 3 is 2.86 bits per heavy atom. The lowest BCUT2D eigenvalue weighted by molar-refractivity contribution is 0.477. The highest BCUT2D eigenvalue weighted by atomic mass is 127. The molecule has 10 heteroatoms. The first-order valence-corrected chi connectivity index (χ1v) is 11.3. The Morgan fingerprint density at radius 2 is 2.03 bits per heavy atom. The quantitative estimate of drug-likeness (QED) is 0.525. The van der Waals surface area contributed by atoms with Gasteiger partial charge in [0.25, 0.3) is 0 Å². The molecule has 0 amide bonds. The number of piperidine rings is 1. The number of halogens is 3. The predicted molar refractivity (Wildman–Crippen MR) is 114 cm³/mol. The molecule has 0 aliphatic carbocycles. The fourth-order valence-corrected chi connectivity index (χ4v) is 4.88. The van der Waals surface area contributed by atoms with Crippen molar-refractivity contribution in [2.45, 2.75) is 18.9 Å². The van der Waals surface area contributed by atoms with Crippen LogP contribution in [0.4, 0.5) is 14.7 Å². The van der Waals surface area contributed by atoms with Crippen LogP contribution in [-0.2, 0) is 0 Å². The van der Waals surface area contributed by atoms with Crippen LogP contribution in [0.1, 0.15) is 12.8 Å². The van der Waals surface area contributed by atoms with Crippen LogP contribution >= 0.6 is 21.1 Å². The van der Waals surface area contributed by atoms with Crippen molar-refractivity contribution in [3.63, 3.8) is 0 Å². The molecule has 7 nitrogen and oxygen atoms in total. The fourth-order valence-electron chi connectivity index (χ4n) is 3.48. The summed E-state index contributed by atoms with van der Waals surface area (Å²) in [5.74, 6) is -0.798. The number of fused-ring (bicyclic) bond motifs is 1. The summed E-state index contributed by atoms with van der Waals surface area (Å²) in [6.07, 6.45) is 3.66. The van der Waals surface area contributed by atoms with Crippen LogP contribution < -0.4 is 13.7 Å². The van der Waals surface area contributed by atoms with Crippen molar-refractivity contribution in [2.75, 3.05) is 18.4 Å². The van der Waals surface area contributed by atoms with Crippen LogP contribution in [-0.4, -0.2) is 42.8 Å². The van der Waals surface area contributed by atoms with E-state index in [0.29, 0.717) is 35.1 Å². The number of hydrogen-bond acceptors (Lipinski definition) is 6. The second-order valence-corrected chi connectivity index (χ2v) is 8.29. The van der Waals surface area contributed by atoms with Gasteiger partial charge in [-0.25, -0.2) is 18.7 Å². The van der Waals surface area contributed by atoms with Gasteiger partial charge in [0.05, 0.1) is 9.83 Å². The summed E-state index contributed by atoms with van der Waals surface area (Å²) in [5.41, 5.74) is 1.77. The molecule has 0 radical (unpaired) electrons. The second kappa shape index (κ2) is 7.75. The first-order chi connectivity index (χ1) is 14.2. The number of nitrogens with one attached hydrogen (secondary N) is 2. The Balaban J connectivity index is 1.57. The van der Waals surface area contributed by atoms with E-state index >= 15 is 0 Å². The SMILES string of the molecule is Fc1ccc(-c2nc3n(c2-c2ccnc(NC4CCNCC4)n2)C=IO3)c(F)c1. The van der Waals surface area contributed by atoms with E-state index in [2.05, 4.69) is 25.6 Å². The summed E-state index contributed by atoms with van der Waals surface area (Å²) in [5, 5.41) is 6.71. The minimum atomic E-state index is -0.681. The third-order valence-electron chi connectivity index (χ3n) is 4.89. The van der Waals surface area contributed by atoms with Gasteiger partial charge in [0.1, 0.15) is 44.2 Å². The molecule has 2 aliphatic heterocycles. The van der Waals surface area contributed by atoms with Gasteiger partial charge in [0.2, 0.25) is 5.95 Å². The van der Waals surface area contributed by atoms with E-state index in [9.17, 15) is 8.78 Å². The number of nitrogens with zero attached hydrogens (tertiary/aromatic N) is 4. The number of aromatic nitrogens is 4. The zero-order valence-electron chi connectivity index (χ0n) is 15.2. The van der Waals surface area contributed by atoms with Crippen molar-refractivity contribution in [3.8, 4) is 28.7 Å². The Hall–Kier alpha value is -2.47. The van der Waals surface area contributed by atoms with Gasteiger partial charge >= 0.3 is 6.01 Å². The Labute approximate surface area is 175 Å². The molecule has 1 fully saturated rings. The molecule has 29 heavy (non-hydrogen) atoms. The molecule has 3 aromatic rings. The van der Waals surface area contributed by atoms with Gasteiger partial charge < -0.3 is 13.7 Å². The van der Waals surface area contributed by atoms with Crippen molar-refractivity contribution in [1.82, 2.24) is 24.8 Å². The Morgan fingerprint density at radius 1 is 1.17 bits per heavy atom. The topological polar surface area (TPSA) is 76.9 Å². The van der Waals surface area contributed by atoms with Crippen LogP contribution in [0.25, 0.3) is 22.6 Å². The van der Waals surface area contributed by atoms with Gasteiger partial charge in [-0.05, 0) is 44.1 Å². The maximum atomic E-state index is 14.5. The summed E-state index contributed by atoms with van der Waals surface area (Å²) < 4.78 is 37.2. The van der Waals surface area contributed by atoms with Crippen LogP contribution in [0.5, 0.6) is 6.01 Å². The zero-order chi connectivity index (χ0) is 19.8. The summed E-state index contributed by atoms with van der Waals surface area (Å²) in [7, 11) is 0. The number of hydrogen-bond donors (Lipinski definition) is 2. The molecule has 4 heterocycles. The second-order valence-electron chi connectivity index (χ2n) is 6.78. The van der Waals surface area contributed by atoms with E-state index in [1.165, 1.54) is 12.1 Å². The van der Waals surface area contributed by atoms with E-state index < -0.39 is 32.8 Å². The molecule has 150 valence electrons. The van der Waals surface area contributed by atoms with Gasteiger partial charge in [-0.1, -0.05) is 0 Å². The summed E-state index contributed by atoms with van der Waals surface area (Å²) in [6.45, 7) is 1.91. The molecule has 0 unspecified atom stereocenters. The molecule has 2 N–H and O–H groups in total. The molecule has 1 aromatic carbocycles. The van der Waals surface area contributed by atoms with Crippen molar-refractivity contribution >= 4 is 31.2 Å². The molecule has 5 rings (SSSR count). The average Bonchev–Trinajstić information content (AvgIpc) is 3.30. The van der Waals surface area contributed by atoms with E-state index in [0.717, 1.165) is 32.0 Å². The molecule has 0 bridgehead atoms. The first-order valence-electron chi connectivity index (χ1n) is 9.21. The molecule has 2 aliphatic rings. The van der Waals surface area contributed by atoms with Crippen molar-refractivity contribution < 1.29 is 11.8 Å². The van der Waals surface area contributed by atoms with E-state index in [-0.39, 0.29) is 5.56 Å².